The smallest absolute Gasteiger partial charge is 0.307 e. The van der Waals surface area contributed by atoms with Gasteiger partial charge in [-0.15, -0.1) is 0 Å². The van der Waals surface area contributed by atoms with Crippen LogP contribution in [0.15, 0.2) is 54.6 Å². The van der Waals surface area contributed by atoms with E-state index in [2.05, 4.69) is 5.32 Å². The Bertz CT molecular complexity index is 886. The molecule has 0 aromatic heterocycles. The number of carbonyl (C=O) groups is 3. The molecular formula is C24H27NO5. The SMILES string of the molecule is O=C(O)CC1(NC(=O)CC(Cc2ccc(-c3ccccc3)cc2)C(=O)O)CCCC1. The third-order valence-electron chi connectivity index (χ3n) is 5.78. The van der Waals surface area contributed by atoms with Crippen LogP contribution in [-0.2, 0) is 20.8 Å². The number of carboxylic acid groups (broad SMARTS) is 2. The molecule has 1 amide bonds. The molecule has 1 aliphatic carbocycles. The van der Waals surface area contributed by atoms with Gasteiger partial charge < -0.3 is 15.5 Å². The minimum Gasteiger partial charge on any atom is -0.481 e. The second kappa shape index (κ2) is 9.57. The highest BCUT2D eigenvalue weighted by atomic mass is 16.4. The van der Waals surface area contributed by atoms with Gasteiger partial charge in [0.05, 0.1) is 17.9 Å². The summed E-state index contributed by atoms with van der Waals surface area (Å²) in [6.07, 6.45) is 2.90. The molecular weight excluding hydrogens is 382 g/mol. The fraction of sp³-hybridized carbons (Fsp3) is 0.375. The molecule has 2 aromatic rings. The van der Waals surface area contributed by atoms with E-state index in [-0.39, 0.29) is 19.3 Å². The lowest BCUT2D eigenvalue weighted by Crippen LogP contribution is -2.48. The van der Waals surface area contributed by atoms with Crippen LogP contribution in [0.1, 0.15) is 44.1 Å². The average molecular weight is 409 g/mol. The quantitative estimate of drug-likeness (QED) is 0.583. The van der Waals surface area contributed by atoms with Crippen LogP contribution >= 0.6 is 0 Å². The van der Waals surface area contributed by atoms with Gasteiger partial charge in [0, 0.05) is 6.42 Å². The van der Waals surface area contributed by atoms with Gasteiger partial charge in [0.2, 0.25) is 5.91 Å². The molecule has 1 fully saturated rings. The summed E-state index contributed by atoms with van der Waals surface area (Å²) in [6.45, 7) is 0. The topological polar surface area (TPSA) is 104 Å². The zero-order valence-corrected chi connectivity index (χ0v) is 16.8. The molecule has 0 saturated heterocycles. The molecule has 3 N–H and O–H groups in total. The van der Waals surface area contributed by atoms with Crippen molar-refractivity contribution in [2.75, 3.05) is 0 Å². The van der Waals surface area contributed by atoms with Crippen molar-refractivity contribution in [3.8, 4) is 11.1 Å². The molecule has 1 aliphatic rings. The van der Waals surface area contributed by atoms with Gasteiger partial charge in [0.1, 0.15) is 0 Å². The van der Waals surface area contributed by atoms with E-state index in [1.165, 1.54) is 0 Å². The molecule has 6 heteroatoms. The van der Waals surface area contributed by atoms with Crippen LogP contribution in [0.4, 0.5) is 0 Å². The Kier molecular flexibility index (Phi) is 6.87. The Balaban J connectivity index is 1.64. The molecule has 0 heterocycles. The molecule has 0 spiro atoms. The lowest BCUT2D eigenvalue weighted by atomic mass is 9.91. The predicted octanol–water partition coefficient (Wildman–Crippen LogP) is 3.89. The number of benzene rings is 2. The second-order valence-electron chi connectivity index (χ2n) is 8.11. The Hall–Kier alpha value is -3.15. The van der Waals surface area contributed by atoms with Crippen molar-refractivity contribution in [2.24, 2.45) is 5.92 Å². The zero-order chi connectivity index (χ0) is 21.6. The lowest BCUT2D eigenvalue weighted by molar-refractivity contribution is -0.145. The van der Waals surface area contributed by atoms with Crippen molar-refractivity contribution in [2.45, 2.75) is 50.5 Å². The number of aliphatic carboxylic acids is 2. The van der Waals surface area contributed by atoms with E-state index in [1.54, 1.807) is 0 Å². The van der Waals surface area contributed by atoms with Crippen LogP contribution < -0.4 is 5.32 Å². The van der Waals surface area contributed by atoms with Crippen molar-refractivity contribution >= 4 is 17.8 Å². The maximum absolute atomic E-state index is 12.6. The first-order valence-electron chi connectivity index (χ1n) is 10.3. The van der Waals surface area contributed by atoms with Crippen molar-refractivity contribution in [1.82, 2.24) is 5.32 Å². The van der Waals surface area contributed by atoms with E-state index >= 15 is 0 Å². The van der Waals surface area contributed by atoms with Crippen molar-refractivity contribution in [1.29, 1.82) is 0 Å². The number of hydrogen-bond donors (Lipinski definition) is 3. The van der Waals surface area contributed by atoms with Gasteiger partial charge in [-0.25, -0.2) is 0 Å². The molecule has 158 valence electrons. The number of rotatable bonds is 9. The Morgan fingerprint density at radius 2 is 1.50 bits per heavy atom. The molecule has 30 heavy (non-hydrogen) atoms. The fourth-order valence-electron chi connectivity index (χ4n) is 4.25. The number of carboxylic acids is 2. The third kappa shape index (κ3) is 5.69. The molecule has 1 saturated carbocycles. The first-order chi connectivity index (χ1) is 14.4. The van der Waals surface area contributed by atoms with Gasteiger partial charge in [-0.1, -0.05) is 67.4 Å². The number of hydrogen-bond acceptors (Lipinski definition) is 3. The first-order valence-corrected chi connectivity index (χ1v) is 10.3. The van der Waals surface area contributed by atoms with E-state index in [0.29, 0.717) is 12.8 Å². The zero-order valence-electron chi connectivity index (χ0n) is 16.8. The van der Waals surface area contributed by atoms with E-state index < -0.39 is 29.3 Å². The highest BCUT2D eigenvalue weighted by molar-refractivity contribution is 5.83. The summed E-state index contributed by atoms with van der Waals surface area (Å²) in [5.74, 6) is -3.25. The predicted molar refractivity (Wildman–Crippen MR) is 113 cm³/mol. The van der Waals surface area contributed by atoms with E-state index in [1.807, 2.05) is 54.6 Å². The van der Waals surface area contributed by atoms with E-state index in [0.717, 1.165) is 29.5 Å². The van der Waals surface area contributed by atoms with Crippen LogP contribution in [0.25, 0.3) is 11.1 Å². The van der Waals surface area contributed by atoms with Gasteiger partial charge in [-0.3, -0.25) is 14.4 Å². The van der Waals surface area contributed by atoms with Gasteiger partial charge in [0.25, 0.3) is 0 Å². The monoisotopic (exact) mass is 409 g/mol. The number of nitrogens with one attached hydrogen (secondary N) is 1. The highest BCUT2D eigenvalue weighted by Gasteiger charge is 2.38. The van der Waals surface area contributed by atoms with Gasteiger partial charge in [0.15, 0.2) is 0 Å². The maximum atomic E-state index is 12.6. The maximum Gasteiger partial charge on any atom is 0.307 e. The summed E-state index contributed by atoms with van der Waals surface area (Å²) in [5, 5.41) is 21.6. The van der Waals surface area contributed by atoms with E-state index in [4.69, 9.17) is 0 Å². The fourth-order valence-corrected chi connectivity index (χ4v) is 4.25. The molecule has 2 aromatic carbocycles. The molecule has 0 aliphatic heterocycles. The summed E-state index contributed by atoms with van der Waals surface area (Å²) in [7, 11) is 0. The molecule has 6 nitrogen and oxygen atoms in total. The summed E-state index contributed by atoms with van der Waals surface area (Å²) < 4.78 is 0. The van der Waals surface area contributed by atoms with Crippen LogP contribution in [0.3, 0.4) is 0 Å². The number of carbonyl (C=O) groups excluding carboxylic acids is 1. The standard InChI is InChI=1S/C24H27NO5/c26-21(25-24(16-22(27)28)12-4-5-13-24)15-20(23(29)30)14-17-8-10-19(11-9-17)18-6-2-1-3-7-18/h1-3,6-11,20H,4-5,12-16H2,(H,25,26)(H,27,28)(H,29,30). The summed E-state index contributed by atoms with van der Waals surface area (Å²) >= 11 is 0. The summed E-state index contributed by atoms with van der Waals surface area (Å²) in [4.78, 5) is 35.5. The van der Waals surface area contributed by atoms with Crippen LogP contribution in [0, 0.1) is 5.92 Å². The summed E-state index contributed by atoms with van der Waals surface area (Å²) in [5.41, 5.74) is 2.22. The normalized spacial score (nSPS) is 16.0. The second-order valence-corrected chi connectivity index (χ2v) is 8.11. The Morgan fingerprint density at radius 1 is 0.900 bits per heavy atom. The lowest BCUT2D eigenvalue weighted by Gasteiger charge is -2.29. The molecule has 1 unspecified atom stereocenters. The van der Waals surface area contributed by atoms with Gasteiger partial charge in [-0.05, 0) is 36.0 Å². The van der Waals surface area contributed by atoms with Crippen LogP contribution in [-0.4, -0.2) is 33.6 Å². The summed E-state index contributed by atoms with van der Waals surface area (Å²) in [6, 6.07) is 17.6. The molecule has 0 bridgehead atoms. The Morgan fingerprint density at radius 3 is 2.07 bits per heavy atom. The average Bonchev–Trinajstić information content (AvgIpc) is 3.15. The van der Waals surface area contributed by atoms with Crippen molar-refractivity contribution in [3.63, 3.8) is 0 Å². The minimum absolute atomic E-state index is 0.128. The molecule has 3 rings (SSSR count). The van der Waals surface area contributed by atoms with E-state index in [9.17, 15) is 24.6 Å². The van der Waals surface area contributed by atoms with Crippen LogP contribution in [0.2, 0.25) is 0 Å². The third-order valence-corrected chi connectivity index (χ3v) is 5.78. The highest BCUT2D eigenvalue weighted by Crippen LogP contribution is 2.33. The first kappa shape index (κ1) is 21.6. The van der Waals surface area contributed by atoms with Crippen LogP contribution in [0.5, 0.6) is 0 Å². The minimum atomic E-state index is -1.03. The number of amides is 1. The largest absolute Gasteiger partial charge is 0.481 e. The van der Waals surface area contributed by atoms with Gasteiger partial charge in [-0.2, -0.15) is 0 Å². The molecule has 1 atom stereocenters. The van der Waals surface area contributed by atoms with Crippen molar-refractivity contribution < 1.29 is 24.6 Å². The van der Waals surface area contributed by atoms with Crippen molar-refractivity contribution in [3.05, 3.63) is 60.2 Å². The Labute approximate surface area is 175 Å². The molecule has 0 radical (unpaired) electrons. The van der Waals surface area contributed by atoms with Gasteiger partial charge >= 0.3 is 11.9 Å².